The zero-order chi connectivity index (χ0) is 47.5. The van der Waals surface area contributed by atoms with Gasteiger partial charge in [0.25, 0.3) is 0 Å². The van der Waals surface area contributed by atoms with E-state index in [1.165, 1.54) is 89.9 Å². The second-order valence-electron chi connectivity index (χ2n) is 18.0. The van der Waals surface area contributed by atoms with Gasteiger partial charge in [0.15, 0.2) is 18.7 Å². The summed E-state index contributed by atoms with van der Waals surface area (Å²) in [6, 6.07) is 0. The van der Waals surface area contributed by atoms with Crippen molar-refractivity contribution in [2.24, 2.45) is 0 Å². The summed E-state index contributed by atoms with van der Waals surface area (Å²) in [6.45, 7) is 2.56. The Balaban J connectivity index is 1.82. The Bertz CT molecular complexity index is 1230. The van der Waals surface area contributed by atoms with Crippen LogP contribution in [0.1, 0.15) is 187 Å². The van der Waals surface area contributed by atoms with Gasteiger partial charge >= 0.3 is 11.9 Å². The number of carbonyl (C=O) groups excluding carboxylic acids is 2. The van der Waals surface area contributed by atoms with Gasteiger partial charge in [-0.25, -0.2) is 0 Å². The minimum Gasteiger partial charge on any atom is -0.462 e. The molecule has 0 aromatic heterocycles. The number of esters is 2. The number of aliphatic hydroxyl groups excluding tert-OH is 7. The Morgan fingerprint density at radius 2 is 0.908 bits per heavy atom. The Kier molecular flexibility index (Phi) is 34.5. The molecule has 0 radical (unpaired) electrons. The molecule has 15 heteroatoms. The summed E-state index contributed by atoms with van der Waals surface area (Å²) in [6.07, 6.45) is 20.6. The Hall–Kier alpha value is -2.02. The van der Waals surface area contributed by atoms with Gasteiger partial charge in [0.05, 0.1) is 19.8 Å². The highest BCUT2D eigenvalue weighted by Crippen LogP contribution is 2.26. The van der Waals surface area contributed by atoms with Crippen LogP contribution in [-0.4, -0.2) is 142 Å². The smallest absolute Gasteiger partial charge is 0.306 e. The van der Waals surface area contributed by atoms with Gasteiger partial charge in [0.2, 0.25) is 0 Å². The molecular weight excluding hydrogens is 841 g/mol. The maximum absolute atomic E-state index is 13.0. The summed E-state index contributed by atoms with van der Waals surface area (Å²) < 4.78 is 33.5. The number of allylic oxidation sites excluding steroid dienone is 4. The van der Waals surface area contributed by atoms with E-state index in [1.54, 1.807) is 0 Å². The molecule has 380 valence electrons. The first-order valence-corrected chi connectivity index (χ1v) is 25.4. The van der Waals surface area contributed by atoms with Crippen LogP contribution in [-0.2, 0) is 38.0 Å². The van der Waals surface area contributed by atoms with Crippen molar-refractivity contribution in [1.29, 1.82) is 0 Å². The molecule has 2 saturated heterocycles. The standard InChI is InChI=1S/C50H90O15/c1-3-5-7-9-11-13-15-17-19-21-22-24-26-28-30-32-41(52)60-35-38(63-42(53)33-31-29-27-25-23-20-18-16-14-12-10-8-6-4-2)36-61-49-48(59)46(57)44(55)40(65-49)37-62-50-47(58)45(56)43(54)39(34-51)64-50/h13,15,17,19,38-40,43-51,54-59H,3-12,14,16,18,20-37H2,1-2H3/b15-13+,19-17+/t38-,39-,40-,43+,44+,45?,46?,47?,48?,49-,50-/m1/s1. The molecule has 11 atom stereocenters. The lowest BCUT2D eigenvalue weighted by Crippen LogP contribution is -2.61. The van der Waals surface area contributed by atoms with Crippen LogP contribution in [0.15, 0.2) is 24.3 Å². The summed E-state index contributed by atoms with van der Waals surface area (Å²) >= 11 is 0. The molecule has 15 nitrogen and oxygen atoms in total. The van der Waals surface area contributed by atoms with E-state index >= 15 is 0 Å². The molecule has 0 amide bonds. The lowest BCUT2D eigenvalue weighted by Gasteiger charge is -2.42. The number of hydrogen-bond acceptors (Lipinski definition) is 15. The van der Waals surface area contributed by atoms with E-state index in [1.807, 2.05) is 0 Å². The molecule has 0 saturated carbocycles. The van der Waals surface area contributed by atoms with Gasteiger partial charge in [-0.1, -0.05) is 160 Å². The first kappa shape index (κ1) is 59.1. The van der Waals surface area contributed by atoms with Crippen LogP contribution >= 0.6 is 0 Å². The number of rotatable bonds is 39. The highest BCUT2D eigenvalue weighted by molar-refractivity contribution is 5.70. The molecule has 4 unspecified atom stereocenters. The minimum absolute atomic E-state index is 0.166. The van der Waals surface area contributed by atoms with Crippen LogP contribution in [0.4, 0.5) is 0 Å². The quantitative estimate of drug-likeness (QED) is 0.0192. The Labute approximate surface area is 390 Å². The molecular formula is C50H90O15. The number of unbranched alkanes of at least 4 members (excludes halogenated alkanes) is 22. The molecule has 0 aromatic rings. The number of ether oxygens (including phenoxy) is 6. The highest BCUT2D eigenvalue weighted by atomic mass is 16.7. The fourth-order valence-electron chi connectivity index (χ4n) is 7.97. The Morgan fingerprint density at radius 3 is 1.42 bits per heavy atom. The zero-order valence-corrected chi connectivity index (χ0v) is 40.0. The zero-order valence-electron chi connectivity index (χ0n) is 40.0. The van der Waals surface area contributed by atoms with Crippen molar-refractivity contribution >= 4 is 11.9 Å². The van der Waals surface area contributed by atoms with Gasteiger partial charge in [0, 0.05) is 12.8 Å². The topological polar surface area (TPSA) is 231 Å². The molecule has 2 fully saturated rings. The minimum atomic E-state index is -1.76. The number of aliphatic hydroxyl groups is 7. The predicted molar refractivity (Wildman–Crippen MR) is 247 cm³/mol. The molecule has 0 aromatic carbocycles. The normalized spacial score (nSPS) is 26.5. The van der Waals surface area contributed by atoms with Crippen LogP contribution in [0.25, 0.3) is 0 Å². The van der Waals surface area contributed by atoms with Crippen molar-refractivity contribution in [2.45, 2.75) is 255 Å². The molecule has 2 aliphatic heterocycles. The molecule has 0 bridgehead atoms. The summed E-state index contributed by atoms with van der Waals surface area (Å²) in [5.41, 5.74) is 0. The third-order valence-electron chi connectivity index (χ3n) is 12.2. The molecule has 65 heavy (non-hydrogen) atoms. The van der Waals surface area contributed by atoms with Crippen molar-refractivity contribution in [3.8, 4) is 0 Å². The van der Waals surface area contributed by atoms with E-state index in [2.05, 4.69) is 38.2 Å². The predicted octanol–water partition coefficient (Wildman–Crippen LogP) is 6.77. The molecule has 7 N–H and O–H groups in total. The Morgan fingerprint density at radius 1 is 0.492 bits per heavy atom. The fraction of sp³-hybridized carbons (Fsp3) is 0.880. The van der Waals surface area contributed by atoms with Crippen LogP contribution in [0.2, 0.25) is 0 Å². The van der Waals surface area contributed by atoms with E-state index in [0.29, 0.717) is 12.8 Å². The van der Waals surface area contributed by atoms with Gasteiger partial charge in [-0.15, -0.1) is 0 Å². The third-order valence-corrected chi connectivity index (χ3v) is 12.2. The molecule has 2 heterocycles. The molecule has 0 spiro atoms. The average molecular weight is 931 g/mol. The maximum atomic E-state index is 13.0. The van der Waals surface area contributed by atoms with Crippen molar-refractivity contribution in [1.82, 2.24) is 0 Å². The van der Waals surface area contributed by atoms with E-state index in [0.717, 1.165) is 57.8 Å². The van der Waals surface area contributed by atoms with Crippen LogP contribution in [0.3, 0.4) is 0 Å². The maximum Gasteiger partial charge on any atom is 0.306 e. The van der Waals surface area contributed by atoms with Gasteiger partial charge < -0.3 is 64.2 Å². The van der Waals surface area contributed by atoms with Gasteiger partial charge in [-0.3, -0.25) is 9.59 Å². The molecule has 2 rings (SSSR count). The van der Waals surface area contributed by atoms with E-state index in [4.69, 9.17) is 28.4 Å². The lowest BCUT2D eigenvalue weighted by molar-refractivity contribution is -0.332. The first-order chi connectivity index (χ1) is 31.5. The summed E-state index contributed by atoms with van der Waals surface area (Å²) in [5, 5.41) is 72.0. The summed E-state index contributed by atoms with van der Waals surface area (Å²) in [7, 11) is 0. The first-order valence-electron chi connectivity index (χ1n) is 25.4. The lowest BCUT2D eigenvalue weighted by atomic mass is 9.98. The molecule has 2 aliphatic rings. The van der Waals surface area contributed by atoms with Crippen molar-refractivity contribution in [3.63, 3.8) is 0 Å². The van der Waals surface area contributed by atoms with E-state index < -0.39 is 92.7 Å². The largest absolute Gasteiger partial charge is 0.462 e. The van der Waals surface area contributed by atoms with Crippen LogP contribution < -0.4 is 0 Å². The average Bonchev–Trinajstić information content (AvgIpc) is 3.30. The number of hydrogen-bond donors (Lipinski definition) is 7. The van der Waals surface area contributed by atoms with Crippen LogP contribution in [0.5, 0.6) is 0 Å². The second-order valence-corrected chi connectivity index (χ2v) is 18.0. The molecule has 0 aliphatic carbocycles. The van der Waals surface area contributed by atoms with Gasteiger partial charge in [0.1, 0.15) is 55.4 Å². The van der Waals surface area contributed by atoms with Crippen molar-refractivity contribution < 1.29 is 73.8 Å². The fourth-order valence-corrected chi connectivity index (χ4v) is 7.97. The summed E-state index contributed by atoms with van der Waals surface area (Å²) in [4.78, 5) is 25.7. The third kappa shape index (κ3) is 26.4. The number of carbonyl (C=O) groups is 2. The monoisotopic (exact) mass is 931 g/mol. The highest BCUT2D eigenvalue weighted by Gasteiger charge is 2.47. The SMILES string of the molecule is CCCCCC/C=C/C=C/CCCCCCCC(=O)OC[C@H](CO[C@@H]1O[C@H](CO[C@@H]2O[C@H](CO)[C@H](O)C(O)C2O)[C@H](O)C(O)C1O)OC(=O)CCCCCCCCCCCCCCCC. The van der Waals surface area contributed by atoms with Crippen molar-refractivity contribution in [3.05, 3.63) is 24.3 Å². The second kappa shape index (κ2) is 37.9. The van der Waals surface area contributed by atoms with E-state index in [9.17, 15) is 45.3 Å². The summed E-state index contributed by atoms with van der Waals surface area (Å²) in [5.74, 6) is -0.937. The van der Waals surface area contributed by atoms with Gasteiger partial charge in [-0.05, 0) is 38.5 Å². The van der Waals surface area contributed by atoms with Crippen molar-refractivity contribution in [2.75, 3.05) is 26.4 Å². The van der Waals surface area contributed by atoms with E-state index in [-0.39, 0.29) is 26.1 Å². The van der Waals surface area contributed by atoms with Gasteiger partial charge in [-0.2, -0.15) is 0 Å². The van der Waals surface area contributed by atoms with Crippen LogP contribution in [0, 0.1) is 0 Å².